The summed E-state index contributed by atoms with van der Waals surface area (Å²) < 4.78 is 10.5. The van der Waals surface area contributed by atoms with Gasteiger partial charge in [-0.05, 0) is 44.5 Å². The smallest absolute Gasteiger partial charge is 0.343 e. The van der Waals surface area contributed by atoms with Gasteiger partial charge in [-0.25, -0.2) is 4.79 Å². The molecule has 0 radical (unpaired) electrons. The van der Waals surface area contributed by atoms with Crippen LogP contribution < -0.4 is 9.47 Å². The van der Waals surface area contributed by atoms with Crippen LogP contribution in [0.25, 0.3) is 0 Å². The SMILES string of the molecule is CCOc1ccc(C(=O)Oc2ccc(C)cc2C)cc1[N+](=O)[O-]. The molecular weight excluding hydrogens is 298 g/mol. The van der Waals surface area contributed by atoms with Crippen LogP contribution >= 0.6 is 0 Å². The Morgan fingerprint density at radius 3 is 2.43 bits per heavy atom. The quantitative estimate of drug-likeness (QED) is 0.362. The van der Waals surface area contributed by atoms with E-state index in [0.717, 1.165) is 17.2 Å². The Balaban J connectivity index is 2.28. The first-order chi connectivity index (χ1) is 10.9. The average Bonchev–Trinajstić information content (AvgIpc) is 2.50. The number of esters is 1. The Hall–Kier alpha value is -2.89. The third-order valence-corrected chi connectivity index (χ3v) is 3.22. The molecule has 0 amide bonds. The van der Waals surface area contributed by atoms with Crippen LogP contribution in [0.15, 0.2) is 36.4 Å². The molecule has 0 atom stereocenters. The van der Waals surface area contributed by atoms with Crippen LogP contribution in [0.3, 0.4) is 0 Å². The normalized spacial score (nSPS) is 10.2. The van der Waals surface area contributed by atoms with Crippen molar-refractivity contribution in [2.45, 2.75) is 20.8 Å². The zero-order valence-electron chi connectivity index (χ0n) is 13.2. The van der Waals surface area contributed by atoms with E-state index in [9.17, 15) is 14.9 Å². The zero-order chi connectivity index (χ0) is 17.0. The molecule has 0 aliphatic heterocycles. The molecule has 0 N–H and O–H groups in total. The van der Waals surface area contributed by atoms with E-state index < -0.39 is 10.9 Å². The van der Waals surface area contributed by atoms with Crippen LogP contribution in [-0.4, -0.2) is 17.5 Å². The maximum absolute atomic E-state index is 12.2. The van der Waals surface area contributed by atoms with Gasteiger partial charge >= 0.3 is 11.7 Å². The van der Waals surface area contributed by atoms with Gasteiger partial charge in [0.2, 0.25) is 0 Å². The first kappa shape index (κ1) is 16.5. The molecule has 2 aromatic rings. The van der Waals surface area contributed by atoms with Crippen molar-refractivity contribution in [3.8, 4) is 11.5 Å². The lowest BCUT2D eigenvalue weighted by Crippen LogP contribution is -2.10. The van der Waals surface area contributed by atoms with Gasteiger partial charge in [0.05, 0.1) is 17.1 Å². The molecule has 0 aromatic heterocycles. The van der Waals surface area contributed by atoms with Crippen molar-refractivity contribution >= 4 is 11.7 Å². The molecule has 0 aliphatic rings. The number of carbonyl (C=O) groups is 1. The highest BCUT2D eigenvalue weighted by Gasteiger charge is 2.20. The lowest BCUT2D eigenvalue weighted by Gasteiger charge is -2.09. The third-order valence-electron chi connectivity index (χ3n) is 3.22. The number of carbonyl (C=O) groups excluding carboxylic acids is 1. The minimum Gasteiger partial charge on any atom is -0.487 e. The van der Waals surface area contributed by atoms with Crippen molar-refractivity contribution < 1.29 is 19.2 Å². The van der Waals surface area contributed by atoms with Crippen molar-refractivity contribution in [3.63, 3.8) is 0 Å². The molecular formula is C17H17NO5. The molecule has 2 aromatic carbocycles. The van der Waals surface area contributed by atoms with Gasteiger partial charge in [-0.15, -0.1) is 0 Å². The summed E-state index contributed by atoms with van der Waals surface area (Å²) in [7, 11) is 0. The molecule has 0 unspecified atom stereocenters. The summed E-state index contributed by atoms with van der Waals surface area (Å²) in [6.45, 7) is 5.80. The van der Waals surface area contributed by atoms with Gasteiger partial charge in [0.15, 0.2) is 5.75 Å². The van der Waals surface area contributed by atoms with Gasteiger partial charge in [0, 0.05) is 6.07 Å². The van der Waals surface area contributed by atoms with Crippen molar-refractivity contribution in [2.24, 2.45) is 0 Å². The summed E-state index contributed by atoms with van der Waals surface area (Å²) in [5, 5.41) is 11.1. The number of aryl methyl sites for hydroxylation is 2. The Labute approximate surface area is 133 Å². The molecule has 120 valence electrons. The van der Waals surface area contributed by atoms with Gasteiger partial charge in [0.25, 0.3) is 0 Å². The zero-order valence-corrected chi connectivity index (χ0v) is 13.2. The molecule has 6 nitrogen and oxygen atoms in total. The van der Waals surface area contributed by atoms with E-state index in [-0.39, 0.29) is 17.0 Å². The van der Waals surface area contributed by atoms with E-state index in [1.165, 1.54) is 12.1 Å². The number of ether oxygens (including phenoxy) is 2. The molecule has 2 rings (SSSR count). The van der Waals surface area contributed by atoms with E-state index in [1.807, 2.05) is 26.0 Å². The van der Waals surface area contributed by atoms with E-state index in [1.54, 1.807) is 13.0 Å². The molecule has 6 heteroatoms. The highest BCUT2D eigenvalue weighted by molar-refractivity contribution is 5.92. The summed E-state index contributed by atoms with van der Waals surface area (Å²) in [5.41, 5.74) is 1.71. The van der Waals surface area contributed by atoms with Crippen molar-refractivity contribution in [2.75, 3.05) is 6.61 Å². The van der Waals surface area contributed by atoms with Gasteiger partial charge < -0.3 is 9.47 Å². The topological polar surface area (TPSA) is 78.7 Å². The average molecular weight is 315 g/mol. The number of nitro groups is 1. The molecule has 0 spiro atoms. The maximum atomic E-state index is 12.2. The molecule has 0 saturated heterocycles. The summed E-state index contributed by atoms with van der Waals surface area (Å²) in [6, 6.07) is 9.44. The second kappa shape index (κ2) is 6.91. The Bertz CT molecular complexity index is 755. The highest BCUT2D eigenvalue weighted by Crippen LogP contribution is 2.29. The van der Waals surface area contributed by atoms with Crippen molar-refractivity contribution in [1.82, 2.24) is 0 Å². The number of hydrogen-bond donors (Lipinski definition) is 0. The minimum absolute atomic E-state index is 0.0973. The monoisotopic (exact) mass is 315 g/mol. The summed E-state index contributed by atoms with van der Waals surface area (Å²) in [4.78, 5) is 22.7. The second-order valence-electron chi connectivity index (χ2n) is 5.03. The van der Waals surface area contributed by atoms with E-state index >= 15 is 0 Å². The molecule has 23 heavy (non-hydrogen) atoms. The largest absolute Gasteiger partial charge is 0.487 e. The first-order valence-electron chi connectivity index (χ1n) is 7.13. The molecule has 0 saturated carbocycles. The van der Waals surface area contributed by atoms with Crippen LogP contribution in [0, 0.1) is 24.0 Å². The molecule has 0 heterocycles. The summed E-state index contributed by atoms with van der Waals surface area (Å²) in [6.07, 6.45) is 0. The van der Waals surface area contributed by atoms with Gasteiger partial charge in [-0.1, -0.05) is 17.7 Å². The Morgan fingerprint density at radius 1 is 1.13 bits per heavy atom. The van der Waals surface area contributed by atoms with Crippen molar-refractivity contribution in [3.05, 3.63) is 63.2 Å². The molecule has 0 fully saturated rings. The van der Waals surface area contributed by atoms with Crippen molar-refractivity contribution in [1.29, 1.82) is 0 Å². The van der Waals surface area contributed by atoms with Crippen LogP contribution in [0.4, 0.5) is 5.69 Å². The fourth-order valence-electron chi connectivity index (χ4n) is 2.14. The second-order valence-corrected chi connectivity index (χ2v) is 5.03. The van der Waals surface area contributed by atoms with E-state index in [2.05, 4.69) is 0 Å². The standard InChI is InChI=1S/C17H17NO5/c1-4-22-16-8-6-13(10-14(16)18(20)21)17(19)23-15-7-5-11(2)9-12(15)3/h5-10H,4H2,1-3H3. The summed E-state index contributed by atoms with van der Waals surface area (Å²) >= 11 is 0. The minimum atomic E-state index is -0.650. The fraction of sp³-hybridized carbons (Fsp3) is 0.235. The Kier molecular flexibility index (Phi) is 4.95. The highest BCUT2D eigenvalue weighted by atomic mass is 16.6. The molecule has 0 aliphatic carbocycles. The lowest BCUT2D eigenvalue weighted by molar-refractivity contribution is -0.385. The number of rotatable bonds is 5. The van der Waals surface area contributed by atoms with Crippen LogP contribution in [-0.2, 0) is 0 Å². The number of hydrogen-bond acceptors (Lipinski definition) is 5. The summed E-state index contributed by atoms with van der Waals surface area (Å²) in [5.74, 6) is -0.0965. The van der Waals surface area contributed by atoms with Crippen LogP contribution in [0.5, 0.6) is 11.5 Å². The predicted molar refractivity (Wildman–Crippen MR) is 85.1 cm³/mol. The molecule has 0 bridgehead atoms. The van der Waals surface area contributed by atoms with E-state index in [4.69, 9.17) is 9.47 Å². The first-order valence-corrected chi connectivity index (χ1v) is 7.13. The van der Waals surface area contributed by atoms with Crippen LogP contribution in [0.1, 0.15) is 28.4 Å². The number of nitrogens with zero attached hydrogens (tertiary/aromatic N) is 1. The van der Waals surface area contributed by atoms with E-state index in [0.29, 0.717) is 12.4 Å². The van der Waals surface area contributed by atoms with Crippen LogP contribution in [0.2, 0.25) is 0 Å². The fourth-order valence-corrected chi connectivity index (χ4v) is 2.14. The predicted octanol–water partition coefficient (Wildman–Crippen LogP) is 3.83. The maximum Gasteiger partial charge on any atom is 0.343 e. The van der Waals surface area contributed by atoms with Gasteiger partial charge in [-0.3, -0.25) is 10.1 Å². The number of nitro benzene ring substituents is 1. The third kappa shape index (κ3) is 3.85. The van der Waals surface area contributed by atoms with Gasteiger partial charge in [-0.2, -0.15) is 0 Å². The number of benzene rings is 2. The Morgan fingerprint density at radius 2 is 1.83 bits per heavy atom. The lowest BCUT2D eigenvalue weighted by atomic mass is 10.1. The van der Waals surface area contributed by atoms with Gasteiger partial charge in [0.1, 0.15) is 5.75 Å².